The summed E-state index contributed by atoms with van der Waals surface area (Å²) in [6.07, 6.45) is 6.39. The molecule has 0 N–H and O–H groups in total. The van der Waals surface area contributed by atoms with E-state index < -0.39 is 0 Å². The number of anilines is 2. The first-order chi connectivity index (χ1) is 11.9. The quantitative estimate of drug-likeness (QED) is 0.744. The van der Waals surface area contributed by atoms with Gasteiger partial charge in [0.05, 0.1) is 5.69 Å². The fraction of sp³-hybridized carbons (Fsp3) is 0.368. The number of aromatic nitrogens is 3. The lowest BCUT2D eigenvalue weighted by molar-refractivity contribution is 0.647. The van der Waals surface area contributed by atoms with Gasteiger partial charge >= 0.3 is 0 Å². The zero-order valence-corrected chi connectivity index (χ0v) is 13.7. The predicted octanol–water partition coefficient (Wildman–Crippen LogP) is 2.93. The third-order valence-electron chi connectivity index (χ3n) is 5.08. The van der Waals surface area contributed by atoms with Crippen LogP contribution in [0, 0.1) is 0 Å². The molecule has 0 bridgehead atoms. The fourth-order valence-electron chi connectivity index (χ4n) is 3.56. The summed E-state index contributed by atoms with van der Waals surface area (Å²) in [5, 5.41) is 4.73. The van der Waals surface area contributed by atoms with E-state index in [0.717, 1.165) is 37.5 Å². The SMILES string of the molecule is c1ccc(N2CCN(c3nccn4nc(C5CC5)cc34)CC2)cc1. The van der Waals surface area contributed by atoms with Crippen LogP contribution in [0.15, 0.2) is 48.8 Å². The lowest BCUT2D eigenvalue weighted by Crippen LogP contribution is -2.47. The number of piperazine rings is 1. The number of rotatable bonds is 3. The van der Waals surface area contributed by atoms with Crippen LogP contribution in [-0.4, -0.2) is 40.8 Å². The highest BCUT2D eigenvalue weighted by atomic mass is 15.3. The van der Waals surface area contributed by atoms with Gasteiger partial charge in [0.2, 0.25) is 0 Å². The number of hydrogen-bond donors (Lipinski definition) is 0. The van der Waals surface area contributed by atoms with Gasteiger partial charge in [0.15, 0.2) is 5.82 Å². The van der Waals surface area contributed by atoms with Crippen LogP contribution in [0.25, 0.3) is 5.52 Å². The highest BCUT2D eigenvalue weighted by molar-refractivity contribution is 5.70. The van der Waals surface area contributed by atoms with Gasteiger partial charge in [-0.05, 0) is 31.0 Å². The van der Waals surface area contributed by atoms with E-state index in [-0.39, 0.29) is 0 Å². The van der Waals surface area contributed by atoms with E-state index in [4.69, 9.17) is 5.10 Å². The Morgan fingerprint density at radius 2 is 1.67 bits per heavy atom. The largest absolute Gasteiger partial charge is 0.368 e. The van der Waals surface area contributed by atoms with Crippen molar-refractivity contribution in [1.29, 1.82) is 0 Å². The molecule has 1 aliphatic heterocycles. The first-order valence-corrected chi connectivity index (χ1v) is 8.78. The second kappa shape index (κ2) is 5.51. The predicted molar refractivity (Wildman–Crippen MR) is 95.8 cm³/mol. The van der Waals surface area contributed by atoms with Crippen molar-refractivity contribution in [3.63, 3.8) is 0 Å². The van der Waals surface area contributed by atoms with Gasteiger partial charge in [-0.25, -0.2) is 9.50 Å². The van der Waals surface area contributed by atoms with E-state index in [9.17, 15) is 0 Å². The molecule has 0 spiro atoms. The minimum absolute atomic E-state index is 0.674. The van der Waals surface area contributed by atoms with Gasteiger partial charge in [-0.3, -0.25) is 0 Å². The van der Waals surface area contributed by atoms with Gasteiger partial charge in [-0.15, -0.1) is 0 Å². The molecule has 2 aliphatic rings. The zero-order chi connectivity index (χ0) is 15.9. The molecule has 1 saturated heterocycles. The van der Waals surface area contributed by atoms with Gasteiger partial charge < -0.3 is 9.80 Å². The van der Waals surface area contributed by atoms with Crippen LogP contribution in [-0.2, 0) is 0 Å². The Hall–Kier alpha value is -2.56. The lowest BCUT2D eigenvalue weighted by Gasteiger charge is -2.36. The van der Waals surface area contributed by atoms with Crippen LogP contribution >= 0.6 is 0 Å². The molecule has 2 fully saturated rings. The molecule has 1 aliphatic carbocycles. The van der Waals surface area contributed by atoms with Crippen molar-refractivity contribution < 1.29 is 0 Å². The smallest absolute Gasteiger partial charge is 0.154 e. The van der Waals surface area contributed by atoms with Crippen molar-refractivity contribution in [1.82, 2.24) is 14.6 Å². The number of para-hydroxylation sites is 1. The number of nitrogens with zero attached hydrogens (tertiary/aromatic N) is 5. The molecule has 24 heavy (non-hydrogen) atoms. The van der Waals surface area contributed by atoms with Gasteiger partial charge in [-0.1, -0.05) is 18.2 Å². The van der Waals surface area contributed by atoms with E-state index in [1.54, 1.807) is 0 Å². The van der Waals surface area contributed by atoms with Crippen LogP contribution in [0.2, 0.25) is 0 Å². The summed E-state index contributed by atoms with van der Waals surface area (Å²) in [6, 6.07) is 12.9. The summed E-state index contributed by atoms with van der Waals surface area (Å²) in [5.41, 5.74) is 3.68. The summed E-state index contributed by atoms with van der Waals surface area (Å²) in [7, 11) is 0. The Balaban J connectivity index is 1.39. The van der Waals surface area contributed by atoms with Crippen LogP contribution in [0.1, 0.15) is 24.5 Å². The van der Waals surface area contributed by atoms with E-state index in [0.29, 0.717) is 5.92 Å². The first kappa shape index (κ1) is 13.8. The van der Waals surface area contributed by atoms with Crippen molar-refractivity contribution in [3.8, 4) is 0 Å². The second-order valence-electron chi connectivity index (χ2n) is 6.73. The molecule has 1 aromatic carbocycles. The van der Waals surface area contributed by atoms with Crippen LogP contribution in [0.4, 0.5) is 11.5 Å². The highest BCUT2D eigenvalue weighted by Gasteiger charge is 2.27. The molecule has 0 unspecified atom stereocenters. The number of fused-ring (bicyclic) bond motifs is 1. The van der Waals surface area contributed by atoms with Gasteiger partial charge in [-0.2, -0.15) is 5.10 Å². The normalized spacial score (nSPS) is 18.3. The van der Waals surface area contributed by atoms with Crippen molar-refractivity contribution >= 4 is 17.0 Å². The molecular formula is C19H21N5. The maximum absolute atomic E-state index is 4.73. The van der Waals surface area contributed by atoms with E-state index >= 15 is 0 Å². The molecule has 1 saturated carbocycles. The van der Waals surface area contributed by atoms with Gasteiger partial charge in [0.1, 0.15) is 5.52 Å². The second-order valence-corrected chi connectivity index (χ2v) is 6.73. The summed E-state index contributed by atoms with van der Waals surface area (Å²) in [4.78, 5) is 9.51. The molecule has 0 radical (unpaired) electrons. The van der Waals surface area contributed by atoms with Crippen LogP contribution < -0.4 is 9.80 Å². The van der Waals surface area contributed by atoms with Crippen LogP contribution in [0.3, 0.4) is 0 Å². The number of hydrogen-bond acceptors (Lipinski definition) is 4. The lowest BCUT2D eigenvalue weighted by atomic mass is 10.2. The van der Waals surface area contributed by atoms with Crippen molar-refractivity contribution in [2.75, 3.05) is 36.0 Å². The monoisotopic (exact) mass is 319 g/mol. The van der Waals surface area contributed by atoms with E-state index in [1.807, 2.05) is 16.9 Å². The van der Waals surface area contributed by atoms with E-state index in [1.165, 1.54) is 24.2 Å². The van der Waals surface area contributed by atoms with Gasteiger partial charge in [0, 0.05) is 50.2 Å². The number of benzene rings is 1. The third-order valence-corrected chi connectivity index (χ3v) is 5.08. The summed E-state index contributed by atoms with van der Waals surface area (Å²) >= 11 is 0. The Labute approximate surface area is 141 Å². The molecule has 0 amide bonds. The molecule has 122 valence electrons. The highest BCUT2D eigenvalue weighted by Crippen LogP contribution is 2.40. The Morgan fingerprint density at radius 3 is 2.42 bits per heavy atom. The third kappa shape index (κ3) is 2.40. The van der Waals surface area contributed by atoms with Gasteiger partial charge in [0.25, 0.3) is 0 Å². The van der Waals surface area contributed by atoms with Crippen molar-refractivity contribution in [2.45, 2.75) is 18.8 Å². The van der Waals surface area contributed by atoms with Crippen molar-refractivity contribution in [3.05, 3.63) is 54.5 Å². The Bertz CT molecular complexity index is 845. The average Bonchev–Trinajstić information content (AvgIpc) is 3.41. The van der Waals surface area contributed by atoms with Crippen molar-refractivity contribution in [2.24, 2.45) is 0 Å². The molecule has 0 atom stereocenters. The van der Waals surface area contributed by atoms with E-state index in [2.05, 4.69) is 51.2 Å². The Kier molecular flexibility index (Phi) is 3.18. The molecule has 5 rings (SSSR count). The molecule has 3 aromatic rings. The summed E-state index contributed by atoms with van der Waals surface area (Å²) in [6.45, 7) is 4.03. The maximum atomic E-state index is 4.73. The molecule has 2 aromatic heterocycles. The summed E-state index contributed by atoms with van der Waals surface area (Å²) < 4.78 is 2.00. The zero-order valence-electron chi connectivity index (χ0n) is 13.7. The fourth-order valence-corrected chi connectivity index (χ4v) is 3.56. The minimum atomic E-state index is 0.674. The molecular weight excluding hydrogens is 298 g/mol. The average molecular weight is 319 g/mol. The molecule has 5 heteroatoms. The standard InChI is InChI=1S/C19H21N5/c1-2-4-16(5-3-1)22-10-12-23(13-11-22)19-18-14-17(15-6-7-15)21-24(18)9-8-20-19/h1-5,8-9,14-15H,6-7,10-13H2. The maximum Gasteiger partial charge on any atom is 0.154 e. The first-order valence-electron chi connectivity index (χ1n) is 8.78. The minimum Gasteiger partial charge on any atom is -0.368 e. The Morgan fingerprint density at radius 1 is 0.917 bits per heavy atom. The topological polar surface area (TPSA) is 36.7 Å². The molecule has 3 heterocycles. The summed E-state index contributed by atoms with van der Waals surface area (Å²) in [5.74, 6) is 1.75. The van der Waals surface area contributed by atoms with Crippen LogP contribution in [0.5, 0.6) is 0 Å². The molecule has 5 nitrogen and oxygen atoms in total.